The van der Waals surface area contributed by atoms with E-state index in [4.69, 9.17) is 10.5 Å². The van der Waals surface area contributed by atoms with Gasteiger partial charge in [0.25, 0.3) is 0 Å². The summed E-state index contributed by atoms with van der Waals surface area (Å²) in [6.45, 7) is 2.79. The minimum absolute atomic E-state index is 0.360. The molecule has 0 aliphatic carbocycles. The maximum absolute atomic E-state index is 11.9. The molecule has 110 valence electrons. The second-order valence-corrected chi connectivity index (χ2v) is 5.51. The van der Waals surface area contributed by atoms with Gasteiger partial charge in [0.1, 0.15) is 0 Å². The maximum atomic E-state index is 11.9. The van der Waals surface area contributed by atoms with Gasteiger partial charge in [0, 0.05) is 31.4 Å². The molecule has 1 saturated heterocycles. The molecule has 2 rings (SSSR count). The lowest BCUT2D eigenvalue weighted by Gasteiger charge is -2.21. The Hall–Kier alpha value is -1.59. The summed E-state index contributed by atoms with van der Waals surface area (Å²) in [7, 11) is 5.60. The molecule has 1 aromatic rings. The Balaban J connectivity index is 2.14. The van der Waals surface area contributed by atoms with Gasteiger partial charge in [0.2, 0.25) is 0 Å². The van der Waals surface area contributed by atoms with Crippen molar-refractivity contribution < 1.29 is 9.53 Å². The number of likely N-dealkylation sites (tertiary alicyclic amines) is 1. The van der Waals surface area contributed by atoms with Crippen molar-refractivity contribution in [2.45, 2.75) is 19.0 Å². The van der Waals surface area contributed by atoms with Gasteiger partial charge in [-0.3, -0.25) is 4.90 Å². The molecular formula is C15H23N3O2. The van der Waals surface area contributed by atoms with E-state index in [1.165, 1.54) is 7.11 Å². The fourth-order valence-corrected chi connectivity index (χ4v) is 2.72. The fraction of sp³-hybridized carbons (Fsp3) is 0.533. The van der Waals surface area contributed by atoms with Crippen LogP contribution in [0.1, 0.15) is 22.3 Å². The molecule has 0 spiro atoms. The van der Waals surface area contributed by atoms with E-state index in [0.29, 0.717) is 17.3 Å². The van der Waals surface area contributed by atoms with Crippen LogP contribution in [-0.4, -0.2) is 56.1 Å². The zero-order valence-electron chi connectivity index (χ0n) is 12.4. The van der Waals surface area contributed by atoms with Crippen LogP contribution in [0.15, 0.2) is 18.2 Å². The lowest BCUT2D eigenvalue weighted by atomic mass is 10.1. The van der Waals surface area contributed by atoms with Crippen molar-refractivity contribution in [2.75, 3.05) is 40.0 Å². The Morgan fingerprint density at radius 3 is 2.85 bits per heavy atom. The van der Waals surface area contributed by atoms with E-state index in [1.807, 2.05) is 12.1 Å². The molecule has 0 amide bonds. The van der Waals surface area contributed by atoms with Crippen molar-refractivity contribution in [3.63, 3.8) is 0 Å². The lowest BCUT2D eigenvalue weighted by molar-refractivity contribution is 0.0599. The third kappa shape index (κ3) is 3.11. The second-order valence-electron chi connectivity index (χ2n) is 5.51. The first-order chi connectivity index (χ1) is 9.52. The van der Waals surface area contributed by atoms with Gasteiger partial charge in [-0.15, -0.1) is 0 Å². The molecule has 1 heterocycles. The van der Waals surface area contributed by atoms with E-state index in [0.717, 1.165) is 31.6 Å². The van der Waals surface area contributed by atoms with E-state index in [9.17, 15) is 4.79 Å². The van der Waals surface area contributed by atoms with E-state index in [-0.39, 0.29) is 5.97 Å². The second kappa shape index (κ2) is 6.24. The molecule has 0 saturated carbocycles. The molecule has 20 heavy (non-hydrogen) atoms. The summed E-state index contributed by atoms with van der Waals surface area (Å²) in [6.07, 6.45) is 1.16. The first kappa shape index (κ1) is 14.8. The molecular weight excluding hydrogens is 254 g/mol. The summed E-state index contributed by atoms with van der Waals surface area (Å²) >= 11 is 0. The number of benzene rings is 1. The van der Waals surface area contributed by atoms with Crippen molar-refractivity contribution >= 4 is 11.7 Å². The molecule has 1 aliphatic heterocycles. The summed E-state index contributed by atoms with van der Waals surface area (Å²) in [5.41, 5.74) is 7.85. The monoisotopic (exact) mass is 277 g/mol. The number of methoxy groups -OCH3 is 1. The van der Waals surface area contributed by atoms with Crippen molar-refractivity contribution in [3.8, 4) is 0 Å². The Morgan fingerprint density at radius 1 is 1.50 bits per heavy atom. The highest BCUT2D eigenvalue weighted by Gasteiger charge is 2.25. The van der Waals surface area contributed by atoms with E-state index in [2.05, 4.69) is 23.9 Å². The van der Waals surface area contributed by atoms with Crippen LogP contribution >= 0.6 is 0 Å². The Morgan fingerprint density at radius 2 is 2.25 bits per heavy atom. The van der Waals surface area contributed by atoms with Gasteiger partial charge in [0.15, 0.2) is 0 Å². The van der Waals surface area contributed by atoms with Crippen LogP contribution in [0.4, 0.5) is 5.69 Å². The van der Waals surface area contributed by atoms with Crippen molar-refractivity contribution in [3.05, 3.63) is 29.3 Å². The number of hydrogen-bond acceptors (Lipinski definition) is 5. The molecule has 1 aliphatic rings. The molecule has 5 heteroatoms. The van der Waals surface area contributed by atoms with Crippen molar-refractivity contribution in [1.29, 1.82) is 0 Å². The summed E-state index contributed by atoms with van der Waals surface area (Å²) in [4.78, 5) is 16.5. The van der Waals surface area contributed by atoms with E-state index in [1.54, 1.807) is 6.07 Å². The van der Waals surface area contributed by atoms with E-state index < -0.39 is 0 Å². The van der Waals surface area contributed by atoms with Gasteiger partial charge >= 0.3 is 5.97 Å². The van der Waals surface area contributed by atoms with Gasteiger partial charge in [-0.2, -0.15) is 0 Å². The largest absolute Gasteiger partial charge is 0.465 e. The minimum atomic E-state index is -0.360. The van der Waals surface area contributed by atoms with Crippen molar-refractivity contribution in [2.24, 2.45) is 0 Å². The zero-order valence-corrected chi connectivity index (χ0v) is 12.4. The smallest absolute Gasteiger partial charge is 0.340 e. The van der Waals surface area contributed by atoms with E-state index >= 15 is 0 Å². The Bertz CT molecular complexity index is 488. The summed E-state index contributed by atoms with van der Waals surface area (Å²) in [5.74, 6) is -0.360. The summed E-state index contributed by atoms with van der Waals surface area (Å²) < 4.78 is 4.84. The number of nitrogen functional groups attached to an aromatic ring is 1. The van der Waals surface area contributed by atoms with Gasteiger partial charge in [0.05, 0.1) is 12.7 Å². The third-order valence-corrected chi connectivity index (χ3v) is 3.94. The van der Waals surface area contributed by atoms with Crippen LogP contribution < -0.4 is 5.73 Å². The molecule has 1 unspecified atom stereocenters. The number of rotatable bonds is 4. The molecule has 1 fully saturated rings. The highest BCUT2D eigenvalue weighted by molar-refractivity contribution is 5.96. The number of nitrogens with two attached hydrogens (primary N) is 1. The molecule has 0 aromatic heterocycles. The molecule has 0 radical (unpaired) electrons. The average Bonchev–Trinajstić information content (AvgIpc) is 2.87. The van der Waals surface area contributed by atoms with Crippen LogP contribution in [0, 0.1) is 0 Å². The lowest BCUT2D eigenvalue weighted by Crippen LogP contribution is -2.31. The predicted molar refractivity (Wildman–Crippen MR) is 79.6 cm³/mol. The molecule has 5 nitrogen and oxygen atoms in total. The van der Waals surface area contributed by atoms with Gasteiger partial charge in [-0.1, -0.05) is 12.1 Å². The fourth-order valence-electron chi connectivity index (χ4n) is 2.72. The van der Waals surface area contributed by atoms with Crippen LogP contribution in [0.25, 0.3) is 0 Å². The number of anilines is 1. The standard InChI is InChI=1S/C15H23N3O2/c1-17(2)12-7-8-18(10-12)9-11-5-4-6-13(16)14(11)15(19)20-3/h4-6,12H,7-10,16H2,1-3H3. The molecule has 2 N–H and O–H groups in total. The first-order valence-corrected chi connectivity index (χ1v) is 6.87. The van der Waals surface area contributed by atoms with Gasteiger partial charge in [-0.05, 0) is 32.1 Å². The normalized spacial score (nSPS) is 19.5. The molecule has 0 bridgehead atoms. The Labute approximate surface area is 120 Å². The van der Waals surface area contributed by atoms with Crippen LogP contribution in [0.3, 0.4) is 0 Å². The van der Waals surface area contributed by atoms with Gasteiger partial charge in [-0.25, -0.2) is 4.79 Å². The number of likely N-dealkylation sites (N-methyl/N-ethyl adjacent to an activating group) is 1. The minimum Gasteiger partial charge on any atom is -0.465 e. The predicted octanol–water partition coefficient (Wildman–Crippen LogP) is 1.19. The maximum Gasteiger partial charge on any atom is 0.340 e. The van der Waals surface area contributed by atoms with Gasteiger partial charge < -0.3 is 15.4 Å². The van der Waals surface area contributed by atoms with Crippen molar-refractivity contribution in [1.82, 2.24) is 9.80 Å². The third-order valence-electron chi connectivity index (χ3n) is 3.94. The number of carbonyl (C=O) groups excluding carboxylic acids is 1. The topological polar surface area (TPSA) is 58.8 Å². The number of esters is 1. The highest BCUT2D eigenvalue weighted by Crippen LogP contribution is 2.22. The summed E-state index contributed by atoms with van der Waals surface area (Å²) in [5, 5.41) is 0. The number of ether oxygens (including phenoxy) is 1. The summed E-state index contributed by atoms with van der Waals surface area (Å²) in [6, 6.07) is 6.16. The average molecular weight is 277 g/mol. The Kier molecular flexibility index (Phi) is 4.62. The molecule has 1 atom stereocenters. The number of hydrogen-bond donors (Lipinski definition) is 1. The number of nitrogens with zero attached hydrogens (tertiary/aromatic N) is 2. The van der Waals surface area contributed by atoms with Crippen LogP contribution in [0.2, 0.25) is 0 Å². The first-order valence-electron chi connectivity index (χ1n) is 6.87. The molecule has 1 aromatic carbocycles. The van der Waals surface area contributed by atoms with Crippen LogP contribution in [-0.2, 0) is 11.3 Å². The number of carbonyl (C=O) groups is 1. The quantitative estimate of drug-likeness (QED) is 0.662. The van der Waals surface area contributed by atoms with Crippen LogP contribution in [0.5, 0.6) is 0 Å². The highest BCUT2D eigenvalue weighted by atomic mass is 16.5. The zero-order chi connectivity index (χ0) is 14.7. The SMILES string of the molecule is COC(=O)c1c(N)cccc1CN1CCC(N(C)C)C1.